The van der Waals surface area contributed by atoms with Crippen LogP contribution >= 0.6 is 0 Å². The summed E-state index contributed by atoms with van der Waals surface area (Å²) in [4.78, 5) is 22.9. The van der Waals surface area contributed by atoms with E-state index in [4.69, 9.17) is 0 Å². The van der Waals surface area contributed by atoms with Crippen LogP contribution in [-0.4, -0.2) is 49.3 Å². The Bertz CT molecular complexity index is 1070. The lowest BCUT2D eigenvalue weighted by Crippen LogP contribution is -2.33. The molecule has 0 atom stereocenters. The first-order valence-corrected chi connectivity index (χ1v) is 10.3. The van der Waals surface area contributed by atoms with E-state index in [9.17, 15) is 9.18 Å². The molecule has 1 saturated heterocycles. The maximum Gasteiger partial charge on any atom is 0.263 e. The first-order valence-electron chi connectivity index (χ1n) is 10.3. The Labute approximate surface area is 175 Å². The van der Waals surface area contributed by atoms with Crippen molar-refractivity contribution in [2.45, 2.75) is 45.3 Å². The minimum Gasteiger partial charge on any atom is -0.298 e. The van der Waals surface area contributed by atoms with Crippen LogP contribution in [0.2, 0.25) is 0 Å². The molecule has 0 spiro atoms. The highest BCUT2D eigenvalue weighted by molar-refractivity contribution is 5.96. The van der Waals surface area contributed by atoms with E-state index in [0.29, 0.717) is 5.52 Å². The van der Waals surface area contributed by atoms with E-state index in [-0.39, 0.29) is 5.95 Å². The molecular weight excluding hydrogens is 383 g/mol. The number of alkyl halides is 1. The van der Waals surface area contributed by atoms with Crippen LogP contribution in [0.5, 0.6) is 0 Å². The number of likely N-dealkylation sites (tertiary alicyclic amines) is 1. The van der Waals surface area contributed by atoms with Crippen molar-refractivity contribution in [3.8, 4) is 11.1 Å². The van der Waals surface area contributed by atoms with Gasteiger partial charge in [-0.1, -0.05) is 18.6 Å². The van der Waals surface area contributed by atoms with Crippen LogP contribution in [0.3, 0.4) is 0 Å². The van der Waals surface area contributed by atoms with Gasteiger partial charge in [-0.15, -0.1) is 0 Å². The van der Waals surface area contributed by atoms with Gasteiger partial charge in [0, 0.05) is 30.7 Å². The second kappa shape index (κ2) is 8.10. The Morgan fingerprint density at radius 3 is 2.70 bits per heavy atom. The fourth-order valence-corrected chi connectivity index (χ4v) is 3.72. The molecule has 7 nitrogen and oxygen atoms in total. The number of rotatable bonds is 5. The minimum absolute atomic E-state index is 0.0927. The molecule has 0 saturated carbocycles. The Morgan fingerprint density at radius 2 is 1.97 bits per heavy atom. The highest BCUT2D eigenvalue weighted by atomic mass is 19.1. The third-order valence-corrected chi connectivity index (χ3v) is 5.54. The highest BCUT2D eigenvalue weighted by Gasteiger charge is 2.27. The van der Waals surface area contributed by atoms with E-state index in [0.717, 1.165) is 41.8 Å². The van der Waals surface area contributed by atoms with Crippen LogP contribution in [0.25, 0.3) is 22.0 Å². The normalized spacial score (nSPS) is 15.5. The van der Waals surface area contributed by atoms with Crippen LogP contribution in [0.1, 0.15) is 38.8 Å². The van der Waals surface area contributed by atoms with Crippen molar-refractivity contribution in [1.29, 1.82) is 0 Å². The molecule has 0 bridgehead atoms. The lowest BCUT2D eigenvalue weighted by molar-refractivity contribution is -0.125. The van der Waals surface area contributed by atoms with Gasteiger partial charge in [0.05, 0.1) is 17.4 Å². The molecule has 0 aliphatic carbocycles. The largest absolute Gasteiger partial charge is 0.298 e. The number of aryl methyl sites for hydroxylation is 1. The summed E-state index contributed by atoms with van der Waals surface area (Å²) < 4.78 is 15.8. The highest BCUT2D eigenvalue weighted by Crippen LogP contribution is 2.28. The molecule has 1 amide bonds. The smallest absolute Gasteiger partial charge is 0.263 e. The lowest BCUT2D eigenvalue weighted by Gasteiger charge is -2.26. The predicted octanol–water partition coefficient (Wildman–Crippen LogP) is 3.70. The molecule has 1 aromatic carbocycles. The van der Waals surface area contributed by atoms with E-state index in [2.05, 4.69) is 25.3 Å². The number of halogens is 1. The summed E-state index contributed by atoms with van der Waals surface area (Å²) >= 11 is 0. The number of benzene rings is 1. The number of nitrogens with one attached hydrogen (secondary N) is 1. The average molecular weight is 410 g/mol. The van der Waals surface area contributed by atoms with E-state index in [1.165, 1.54) is 33.1 Å². The van der Waals surface area contributed by atoms with Gasteiger partial charge in [-0.2, -0.15) is 5.10 Å². The molecule has 0 unspecified atom stereocenters. The van der Waals surface area contributed by atoms with Crippen LogP contribution in [0.15, 0.2) is 30.6 Å². The van der Waals surface area contributed by atoms with E-state index >= 15 is 0 Å². The fourth-order valence-electron chi connectivity index (χ4n) is 3.72. The Balaban J connectivity index is 1.64. The first kappa shape index (κ1) is 20.4. The van der Waals surface area contributed by atoms with Crippen molar-refractivity contribution in [2.75, 3.05) is 18.4 Å². The number of hydrogen-bond acceptors (Lipinski definition) is 5. The number of aromatic nitrogens is 4. The molecule has 4 rings (SSSR count). The molecule has 158 valence electrons. The standard InChI is InChI=1S/C22H27FN6O/c1-22(2,23)20(30)27-21-24-12-16-8-7-15(11-18(16)26-21)17-13-25-28(3)19(17)14-29-9-5-4-6-10-29/h7-8,11-13H,4-6,9-10,14H2,1-3H3,(H,24,26,27,30). The van der Waals surface area contributed by atoms with Crippen molar-refractivity contribution >= 4 is 22.8 Å². The van der Waals surface area contributed by atoms with E-state index in [1.54, 1.807) is 6.20 Å². The van der Waals surface area contributed by atoms with E-state index < -0.39 is 11.6 Å². The summed E-state index contributed by atoms with van der Waals surface area (Å²) in [7, 11) is 1.97. The predicted molar refractivity (Wildman–Crippen MR) is 115 cm³/mol. The number of carbonyl (C=O) groups excluding carboxylic acids is 1. The van der Waals surface area contributed by atoms with Gasteiger partial charge in [0.2, 0.25) is 5.95 Å². The first-order chi connectivity index (χ1) is 14.3. The third-order valence-electron chi connectivity index (χ3n) is 5.54. The van der Waals surface area contributed by atoms with Gasteiger partial charge in [-0.25, -0.2) is 14.4 Å². The van der Waals surface area contributed by atoms with Crippen molar-refractivity contribution in [2.24, 2.45) is 7.05 Å². The monoisotopic (exact) mass is 410 g/mol. The van der Waals surface area contributed by atoms with Crippen molar-refractivity contribution in [3.63, 3.8) is 0 Å². The molecule has 0 radical (unpaired) electrons. The number of hydrogen-bond donors (Lipinski definition) is 1. The average Bonchev–Trinajstić information content (AvgIpc) is 3.08. The van der Waals surface area contributed by atoms with E-state index in [1.807, 2.05) is 36.1 Å². The number of piperidine rings is 1. The number of amides is 1. The summed E-state index contributed by atoms with van der Waals surface area (Å²) in [5.74, 6) is -0.677. The van der Waals surface area contributed by atoms with Crippen molar-refractivity contribution in [1.82, 2.24) is 24.6 Å². The molecule has 30 heavy (non-hydrogen) atoms. The number of anilines is 1. The quantitative estimate of drug-likeness (QED) is 0.694. The van der Waals surface area contributed by atoms with Crippen LogP contribution in [0.4, 0.5) is 10.3 Å². The zero-order valence-electron chi connectivity index (χ0n) is 17.7. The van der Waals surface area contributed by atoms with Gasteiger partial charge >= 0.3 is 0 Å². The van der Waals surface area contributed by atoms with Gasteiger partial charge in [0.1, 0.15) is 0 Å². The van der Waals surface area contributed by atoms with Gasteiger partial charge in [-0.05, 0) is 51.4 Å². The molecular formula is C22H27FN6O. The zero-order chi connectivity index (χ0) is 21.3. The minimum atomic E-state index is -2.00. The molecule has 1 aliphatic heterocycles. The Morgan fingerprint density at radius 1 is 1.20 bits per heavy atom. The van der Waals surface area contributed by atoms with Crippen LogP contribution < -0.4 is 5.32 Å². The third kappa shape index (κ3) is 4.33. The van der Waals surface area contributed by atoms with Gasteiger partial charge in [0.15, 0.2) is 5.67 Å². The molecule has 2 aromatic heterocycles. The van der Waals surface area contributed by atoms with Gasteiger partial charge in [-0.3, -0.25) is 19.7 Å². The molecule has 3 heterocycles. The lowest BCUT2D eigenvalue weighted by atomic mass is 10.0. The van der Waals surface area contributed by atoms with Gasteiger partial charge < -0.3 is 0 Å². The Hall–Kier alpha value is -2.87. The molecule has 1 N–H and O–H groups in total. The maximum atomic E-state index is 13.8. The fraction of sp³-hybridized carbons (Fsp3) is 0.455. The second-order valence-corrected chi connectivity index (χ2v) is 8.36. The molecule has 3 aromatic rings. The van der Waals surface area contributed by atoms with Crippen molar-refractivity contribution < 1.29 is 9.18 Å². The van der Waals surface area contributed by atoms with Gasteiger partial charge in [0.25, 0.3) is 5.91 Å². The summed E-state index contributed by atoms with van der Waals surface area (Å²) in [5.41, 5.74) is 1.92. The molecule has 1 fully saturated rings. The Kier molecular flexibility index (Phi) is 5.51. The number of carbonyl (C=O) groups is 1. The van der Waals surface area contributed by atoms with Crippen LogP contribution in [-0.2, 0) is 18.4 Å². The van der Waals surface area contributed by atoms with Crippen LogP contribution in [0, 0.1) is 0 Å². The molecule has 8 heteroatoms. The number of fused-ring (bicyclic) bond motifs is 1. The summed E-state index contributed by atoms with van der Waals surface area (Å²) in [6.07, 6.45) is 7.30. The summed E-state index contributed by atoms with van der Waals surface area (Å²) in [6, 6.07) is 5.95. The number of nitrogens with zero attached hydrogens (tertiary/aromatic N) is 5. The zero-order valence-corrected chi connectivity index (χ0v) is 17.7. The topological polar surface area (TPSA) is 75.9 Å². The SMILES string of the molecule is Cn1ncc(-c2ccc3cnc(NC(=O)C(C)(C)F)nc3c2)c1CN1CCCCC1. The summed E-state index contributed by atoms with van der Waals surface area (Å²) in [5, 5.41) is 7.77. The second-order valence-electron chi connectivity index (χ2n) is 8.36. The summed E-state index contributed by atoms with van der Waals surface area (Å²) in [6.45, 7) is 5.50. The van der Waals surface area contributed by atoms with Crippen molar-refractivity contribution in [3.05, 3.63) is 36.3 Å². The molecule has 1 aliphatic rings. The maximum absolute atomic E-state index is 13.8.